The summed E-state index contributed by atoms with van der Waals surface area (Å²) in [6.07, 6.45) is -18.5. The van der Waals surface area contributed by atoms with Crippen LogP contribution in [0.15, 0.2) is 48.5 Å². The fourth-order valence-electron chi connectivity index (χ4n) is 15.1. The molecule has 8 heterocycles. The van der Waals surface area contributed by atoms with Crippen LogP contribution in [0.4, 0.5) is 0 Å². The van der Waals surface area contributed by atoms with E-state index in [0.29, 0.717) is 76.7 Å². The highest BCUT2D eigenvalue weighted by Gasteiger charge is 2.48. The maximum absolute atomic E-state index is 13.0. The second kappa shape index (κ2) is 48.9. The van der Waals surface area contributed by atoms with Crippen LogP contribution in [0.2, 0.25) is 0 Å². The molecule has 24 heteroatoms. The van der Waals surface area contributed by atoms with Gasteiger partial charge in [0.2, 0.25) is 0 Å². The molecule has 0 amide bonds. The lowest BCUT2D eigenvalue weighted by Crippen LogP contribution is -2.51. The zero-order chi connectivity index (χ0) is 111. The van der Waals surface area contributed by atoms with Gasteiger partial charge in [-0.2, -0.15) is 0 Å². The SMILES string of the molecule is C.C.C.C.[2H]C1([2H])C(OC(=O)[C@@H](N)C(C)C)C([2H])(CC(C)C)C([2H])([2H])N2CCc3cc(OC)c(OC)cc3C21[2H].[2H]C1([2H])C2c3cc(OC)c(OC)cc3CCN2C([2H])([2H])C([2H])(CC(C)C)C1([2H])OC(=O)[C@@H](N)C(C)C.[2H]C1([2H])C2c3cc(OC)c(OC)cc3CCN2C([2H])([2H])C([2H])(CC(C)C)C1OC(=O)[C@@H](N)C(C)C.[2H]c1c(OC)c(OC)c([2H])c2c1C1([2H])CC([2H])(OC(=O)[C@@H](N)C(C)C)C(CC(C)C)CN1C([2H])([2H])C2([2H])[2H]. The van der Waals surface area contributed by atoms with Gasteiger partial charge in [0, 0.05) is 151 Å². The molecule has 0 radical (unpaired) electrons. The van der Waals surface area contributed by atoms with Crippen LogP contribution >= 0.6 is 0 Å². The molecule has 24 nitrogen and oxygen atoms in total. The van der Waals surface area contributed by atoms with Crippen molar-refractivity contribution in [3.8, 4) is 46.0 Å². The summed E-state index contributed by atoms with van der Waals surface area (Å²) >= 11 is 0. The molecule has 124 heavy (non-hydrogen) atoms. The Bertz CT molecular complexity index is 5340. The van der Waals surface area contributed by atoms with Gasteiger partial charge in [-0.05, 0) is 192 Å². The topological polar surface area (TPSA) is 296 Å². The number of methoxy groups -OCH3 is 8. The van der Waals surface area contributed by atoms with E-state index in [9.17, 15) is 37.0 Å². The van der Waals surface area contributed by atoms with Crippen LogP contribution in [0.25, 0.3) is 0 Å². The maximum Gasteiger partial charge on any atom is 0.323 e. The van der Waals surface area contributed by atoms with Crippen molar-refractivity contribution < 1.29 is 110 Å². The Balaban J connectivity index is 0.000000346. The smallest absolute Gasteiger partial charge is 0.323 e. The highest BCUT2D eigenvalue weighted by atomic mass is 16.6. The minimum atomic E-state index is -2.92. The van der Waals surface area contributed by atoms with Gasteiger partial charge in [0.15, 0.2) is 46.0 Å². The molecule has 0 aromatic heterocycles. The van der Waals surface area contributed by atoms with Crippen molar-refractivity contribution in [3.05, 3.63) is 93.0 Å². The van der Waals surface area contributed by atoms with E-state index in [-0.39, 0.29) is 151 Å². The van der Waals surface area contributed by atoms with Crippen LogP contribution in [0.3, 0.4) is 0 Å². The number of esters is 4. The molecule has 0 saturated carbocycles. The number of benzene rings is 4. The zero-order valence-corrected chi connectivity index (χ0v) is 74.9. The van der Waals surface area contributed by atoms with Crippen molar-refractivity contribution in [1.29, 1.82) is 0 Å². The molecular weight excluding hydrogens is 1570 g/mol. The second-order valence-electron chi connectivity index (χ2n) is 34.4. The van der Waals surface area contributed by atoms with Crippen LogP contribution in [-0.2, 0) is 63.8 Å². The highest BCUT2D eigenvalue weighted by molar-refractivity contribution is 5.77. The summed E-state index contributed by atoms with van der Waals surface area (Å²) in [5, 5.41) is 0. The molecule has 12 unspecified atom stereocenters. The van der Waals surface area contributed by atoms with Crippen molar-refractivity contribution in [3.63, 3.8) is 0 Å². The number of ether oxygens (including phenoxy) is 12. The second-order valence-corrected chi connectivity index (χ2v) is 34.4. The first-order valence-electron chi connectivity index (χ1n) is 54.4. The minimum absolute atomic E-state index is 0. The predicted octanol–water partition coefficient (Wildman–Crippen LogP) is 16.8. The third-order valence-corrected chi connectivity index (χ3v) is 22.0. The average Bonchev–Trinajstić information content (AvgIpc) is 0.678. The van der Waals surface area contributed by atoms with Gasteiger partial charge in [0.25, 0.3) is 0 Å². The van der Waals surface area contributed by atoms with E-state index in [2.05, 4.69) is 0 Å². The molecule has 0 spiro atoms. The van der Waals surface area contributed by atoms with Crippen molar-refractivity contribution in [1.82, 2.24) is 19.6 Å². The maximum atomic E-state index is 13.0. The predicted molar refractivity (Wildman–Crippen MR) is 498 cm³/mol. The van der Waals surface area contributed by atoms with E-state index >= 15 is 0 Å². The lowest BCUT2D eigenvalue weighted by molar-refractivity contribution is -0.161. The van der Waals surface area contributed by atoms with Gasteiger partial charge in [-0.3, -0.25) is 38.8 Å². The van der Waals surface area contributed by atoms with Crippen LogP contribution in [0.1, 0.15) is 295 Å². The van der Waals surface area contributed by atoms with Gasteiger partial charge < -0.3 is 79.8 Å². The van der Waals surface area contributed by atoms with Crippen LogP contribution in [0.5, 0.6) is 46.0 Å². The molecule has 8 N–H and O–H groups in total. The van der Waals surface area contributed by atoms with Crippen molar-refractivity contribution in [2.45, 2.75) is 290 Å². The Hall–Kier alpha value is -7.16. The fourth-order valence-corrected chi connectivity index (χ4v) is 15.1. The molecule has 16 atom stereocenters. The van der Waals surface area contributed by atoms with Crippen molar-refractivity contribution >= 4 is 23.9 Å². The summed E-state index contributed by atoms with van der Waals surface area (Å²) in [6, 6.07) is -2.41. The number of piperidine rings is 4. The lowest BCUT2D eigenvalue weighted by Gasteiger charge is -2.47. The molecule has 4 aromatic rings. The molecule has 12 rings (SSSR count). The van der Waals surface area contributed by atoms with Gasteiger partial charge in [0.1, 0.15) is 48.5 Å². The van der Waals surface area contributed by atoms with Gasteiger partial charge in [-0.25, -0.2) is 0 Å². The molecule has 4 saturated heterocycles. The van der Waals surface area contributed by atoms with Gasteiger partial charge in [-0.1, -0.05) is 140 Å². The monoisotopic (exact) mass is 1760 g/mol. The van der Waals surface area contributed by atoms with Gasteiger partial charge in [-0.15, -0.1) is 0 Å². The molecule has 8 aliphatic rings. The zero-order valence-electron chi connectivity index (χ0n) is 99.9. The summed E-state index contributed by atoms with van der Waals surface area (Å²) in [7, 11) is 11.3. The van der Waals surface area contributed by atoms with E-state index in [4.69, 9.17) is 96.2 Å². The number of carbonyl (C=O) groups is 4. The third-order valence-electron chi connectivity index (χ3n) is 22.0. The normalized spacial score (nSPS) is 34.5. The highest BCUT2D eigenvalue weighted by Crippen LogP contribution is 2.50. The summed E-state index contributed by atoms with van der Waals surface area (Å²) < 4.78 is 294. The summed E-state index contributed by atoms with van der Waals surface area (Å²) in [4.78, 5) is 56.8. The number of carbonyl (C=O) groups excluding carboxylic acids is 4. The van der Waals surface area contributed by atoms with Crippen molar-refractivity contribution in [2.75, 3.05) is 109 Å². The number of rotatable bonds is 28. The largest absolute Gasteiger partial charge is 0.493 e. The average molecular weight is 1760 g/mol. The molecule has 4 fully saturated rings. The Labute approximate surface area is 783 Å². The Morgan fingerprint density at radius 1 is 0.387 bits per heavy atom. The van der Waals surface area contributed by atoms with E-state index < -0.39 is 196 Å². The minimum Gasteiger partial charge on any atom is -0.493 e. The first-order chi connectivity index (χ1) is 66.4. The lowest BCUT2D eigenvalue weighted by atomic mass is 9.79. The van der Waals surface area contributed by atoms with E-state index in [1.165, 1.54) is 72.7 Å². The Kier molecular flexibility index (Phi) is 29.0. The molecule has 0 aliphatic carbocycles. The number of hydrogen-bond donors (Lipinski definition) is 4. The first-order valence-corrected chi connectivity index (χ1v) is 41.9. The number of nitrogens with two attached hydrogens (primary N) is 4. The number of hydrogen-bond acceptors (Lipinski definition) is 24. The molecule has 8 aliphatic heterocycles. The molecular formula is C100H168N8O16. The number of nitrogens with zero attached hydrogens (tertiary/aromatic N) is 4. The van der Waals surface area contributed by atoms with Crippen LogP contribution in [0, 0.1) is 70.9 Å². The molecule has 0 bridgehead atoms. The molecule has 4 aromatic carbocycles. The molecule has 704 valence electrons. The van der Waals surface area contributed by atoms with Gasteiger partial charge >= 0.3 is 23.9 Å². The standard InChI is InChI=1S/4C24H38N2O4.4CH4/c4*1-14(2)9-17-13-26-8-7-16-10-21(28-5)22(29-6)11-18(16)19(26)12-20(17)30-24(27)23(25)15(3)4;;;;/h4*10-11,14-15,17,19-20,23H,7-9,12-13,25H2,1-6H3;4*1H4/t4*17?,19?,20?,23-;;;;/m0000..../s1/i7D2,8D2,10D,11D,19D,20D;12D2,13D2,17D,20D;12D2,13D2,17D,19D;12D2,13D2,17D;;;;. The van der Waals surface area contributed by atoms with Crippen LogP contribution in [-0.4, -0.2) is 201 Å². The summed E-state index contributed by atoms with van der Waals surface area (Å²) in [5.41, 5.74) is 26.4. The van der Waals surface area contributed by atoms with Crippen molar-refractivity contribution in [2.24, 2.45) is 93.9 Å². The van der Waals surface area contributed by atoms with Crippen LogP contribution < -0.4 is 60.8 Å². The van der Waals surface area contributed by atoms with E-state index in [1.807, 2.05) is 27.7 Å². The van der Waals surface area contributed by atoms with E-state index in [0.717, 1.165) is 15.4 Å². The first kappa shape index (κ1) is 73.7. The quantitative estimate of drug-likeness (QED) is 0.0303. The fraction of sp³-hybridized carbons (Fsp3) is 0.720. The Morgan fingerprint density at radius 2 is 0.726 bits per heavy atom. The summed E-state index contributed by atoms with van der Waals surface area (Å²) in [5.74, 6) is -11.1. The number of fused-ring (bicyclic) bond motifs is 12. The van der Waals surface area contributed by atoms with Gasteiger partial charge in [0.05, 0.1) is 65.1 Å². The Morgan fingerprint density at radius 3 is 1.14 bits per heavy atom. The third kappa shape index (κ3) is 26.5. The summed E-state index contributed by atoms with van der Waals surface area (Å²) in [6.45, 7) is 18.2. The van der Waals surface area contributed by atoms with E-state index in [1.54, 1.807) is 113 Å².